The van der Waals surface area contributed by atoms with E-state index in [1.807, 2.05) is 0 Å². The predicted octanol–water partition coefficient (Wildman–Crippen LogP) is 1.98. The molecule has 0 aliphatic heterocycles. The number of rotatable bonds is 4. The number of benzene rings is 1. The number of nitrogens with one attached hydrogen (secondary N) is 1. The average Bonchev–Trinajstić information content (AvgIpc) is 2.38. The van der Waals surface area contributed by atoms with E-state index >= 15 is 0 Å². The lowest BCUT2D eigenvalue weighted by Crippen LogP contribution is -2.31. The molecule has 2 rings (SSSR count). The van der Waals surface area contributed by atoms with E-state index in [1.54, 1.807) is 6.07 Å². The highest BCUT2D eigenvalue weighted by atomic mass is 19.1. The molecule has 0 radical (unpaired) electrons. The second-order valence-corrected chi connectivity index (χ2v) is 5.07. The van der Waals surface area contributed by atoms with Crippen molar-refractivity contribution in [3.8, 4) is 0 Å². The highest BCUT2D eigenvalue weighted by Crippen LogP contribution is 2.28. The number of halogens is 1. The molecule has 4 N–H and O–H groups in total. The van der Waals surface area contributed by atoms with Crippen LogP contribution in [0.3, 0.4) is 0 Å². The number of carboxylic acids is 1. The molecule has 1 aromatic rings. The number of carboxylic acid groups (broad SMARTS) is 1. The van der Waals surface area contributed by atoms with Crippen LogP contribution in [0.5, 0.6) is 0 Å². The predicted molar refractivity (Wildman–Crippen MR) is 71.9 cm³/mol. The zero-order valence-corrected chi connectivity index (χ0v) is 10.9. The Kier molecular flexibility index (Phi) is 4.22. The zero-order valence-electron chi connectivity index (χ0n) is 10.9. The van der Waals surface area contributed by atoms with E-state index in [1.165, 1.54) is 12.1 Å². The van der Waals surface area contributed by atoms with Crippen molar-refractivity contribution in [3.05, 3.63) is 29.6 Å². The fourth-order valence-corrected chi connectivity index (χ4v) is 2.66. The van der Waals surface area contributed by atoms with Crippen molar-refractivity contribution in [2.24, 2.45) is 11.7 Å². The molecule has 1 aliphatic rings. The topological polar surface area (TPSA) is 92.4 Å². The molecule has 0 aromatic heterocycles. The molecule has 1 aliphatic carbocycles. The molecule has 0 heterocycles. The average molecular weight is 280 g/mol. The normalized spacial score (nSPS) is 22.2. The molecule has 0 bridgehead atoms. The fraction of sp³-hybridized carbons (Fsp3) is 0.429. The Morgan fingerprint density at radius 1 is 1.35 bits per heavy atom. The van der Waals surface area contributed by atoms with Crippen LogP contribution in [0.4, 0.5) is 10.1 Å². The first kappa shape index (κ1) is 14.3. The highest BCUT2D eigenvalue weighted by molar-refractivity contribution is 5.98. The van der Waals surface area contributed by atoms with E-state index < -0.39 is 23.6 Å². The number of nitrogens with two attached hydrogens (primary N) is 1. The number of carbonyl (C=O) groups is 2. The maximum absolute atomic E-state index is 13.6. The standard InChI is InChI=1S/C14H17FN2O3/c15-10-5-2-6-11(12(10)13(16)18)17-9-4-1-3-8(7-9)14(19)20/h2,5-6,8-9,17H,1,3-4,7H2,(H2,16,18)(H,19,20). The maximum Gasteiger partial charge on any atom is 0.306 e. The molecule has 108 valence electrons. The lowest BCUT2D eigenvalue weighted by atomic mass is 9.85. The summed E-state index contributed by atoms with van der Waals surface area (Å²) < 4.78 is 13.6. The number of hydrogen-bond acceptors (Lipinski definition) is 3. The van der Waals surface area contributed by atoms with Gasteiger partial charge >= 0.3 is 5.97 Å². The molecule has 1 saturated carbocycles. The Morgan fingerprint density at radius 2 is 2.10 bits per heavy atom. The molecule has 1 fully saturated rings. The summed E-state index contributed by atoms with van der Waals surface area (Å²) in [5.41, 5.74) is 5.33. The van der Waals surface area contributed by atoms with Gasteiger partial charge in [-0.1, -0.05) is 12.5 Å². The monoisotopic (exact) mass is 280 g/mol. The molecule has 0 saturated heterocycles. The summed E-state index contributed by atoms with van der Waals surface area (Å²) in [4.78, 5) is 22.3. The summed E-state index contributed by atoms with van der Waals surface area (Å²) >= 11 is 0. The minimum absolute atomic E-state index is 0.0928. The van der Waals surface area contributed by atoms with Gasteiger partial charge in [0.1, 0.15) is 5.82 Å². The molecule has 1 aromatic carbocycles. The van der Waals surface area contributed by atoms with E-state index in [0.717, 1.165) is 12.8 Å². The van der Waals surface area contributed by atoms with Crippen molar-refractivity contribution in [1.82, 2.24) is 0 Å². The van der Waals surface area contributed by atoms with Crippen LogP contribution in [-0.2, 0) is 4.79 Å². The molecule has 1 amide bonds. The Labute approximate surface area is 116 Å². The largest absolute Gasteiger partial charge is 0.481 e. The van der Waals surface area contributed by atoms with Gasteiger partial charge in [-0.3, -0.25) is 9.59 Å². The van der Waals surface area contributed by atoms with Crippen molar-refractivity contribution < 1.29 is 19.1 Å². The number of amides is 1. The van der Waals surface area contributed by atoms with Gasteiger partial charge in [0.2, 0.25) is 0 Å². The molecule has 2 unspecified atom stereocenters. The third-order valence-corrected chi connectivity index (χ3v) is 3.64. The zero-order chi connectivity index (χ0) is 14.7. The number of anilines is 1. The van der Waals surface area contributed by atoms with Gasteiger partial charge in [-0.05, 0) is 31.4 Å². The van der Waals surface area contributed by atoms with Crippen molar-refractivity contribution in [2.75, 3.05) is 5.32 Å². The molecular weight excluding hydrogens is 263 g/mol. The smallest absolute Gasteiger partial charge is 0.306 e. The first-order valence-corrected chi connectivity index (χ1v) is 6.56. The molecule has 5 nitrogen and oxygen atoms in total. The van der Waals surface area contributed by atoms with Crippen LogP contribution in [0, 0.1) is 11.7 Å². The number of hydrogen-bond donors (Lipinski definition) is 3. The second kappa shape index (κ2) is 5.90. The van der Waals surface area contributed by atoms with Crippen LogP contribution < -0.4 is 11.1 Å². The van der Waals surface area contributed by atoms with E-state index in [2.05, 4.69) is 5.32 Å². The van der Waals surface area contributed by atoms with E-state index in [0.29, 0.717) is 18.5 Å². The van der Waals surface area contributed by atoms with Gasteiger partial charge in [-0.2, -0.15) is 0 Å². The van der Waals surface area contributed by atoms with E-state index in [9.17, 15) is 14.0 Å². The molecular formula is C14H17FN2O3. The number of carbonyl (C=O) groups excluding carboxylic acids is 1. The summed E-state index contributed by atoms with van der Waals surface area (Å²) in [5.74, 6) is -2.72. The van der Waals surface area contributed by atoms with Crippen LogP contribution in [0.2, 0.25) is 0 Å². The second-order valence-electron chi connectivity index (χ2n) is 5.07. The lowest BCUT2D eigenvalue weighted by molar-refractivity contribution is -0.142. The Morgan fingerprint density at radius 3 is 2.75 bits per heavy atom. The number of aliphatic carboxylic acids is 1. The summed E-state index contributed by atoms with van der Waals surface area (Å²) in [6, 6.07) is 4.14. The van der Waals surface area contributed by atoms with Gasteiger partial charge in [0.25, 0.3) is 5.91 Å². The molecule has 2 atom stereocenters. The van der Waals surface area contributed by atoms with Gasteiger partial charge in [0, 0.05) is 6.04 Å². The molecule has 0 spiro atoms. The van der Waals surface area contributed by atoms with Crippen LogP contribution in [0.15, 0.2) is 18.2 Å². The molecule has 20 heavy (non-hydrogen) atoms. The summed E-state index contributed by atoms with van der Waals surface area (Å²) in [6.07, 6.45) is 2.69. The quantitative estimate of drug-likeness (QED) is 0.786. The van der Waals surface area contributed by atoms with Crippen molar-refractivity contribution >= 4 is 17.6 Å². The van der Waals surface area contributed by atoms with Crippen molar-refractivity contribution in [3.63, 3.8) is 0 Å². The van der Waals surface area contributed by atoms with Gasteiger partial charge in [0.15, 0.2) is 0 Å². The molecule has 6 heteroatoms. The van der Waals surface area contributed by atoms with Gasteiger partial charge in [-0.25, -0.2) is 4.39 Å². The minimum Gasteiger partial charge on any atom is -0.481 e. The number of primary amides is 1. The maximum atomic E-state index is 13.6. The third-order valence-electron chi connectivity index (χ3n) is 3.64. The Bertz CT molecular complexity index is 533. The fourth-order valence-electron chi connectivity index (χ4n) is 2.66. The van der Waals surface area contributed by atoms with Crippen LogP contribution in [-0.4, -0.2) is 23.0 Å². The van der Waals surface area contributed by atoms with Crippen LogP contribution in [0.25, 0.3) is 0 Å². The Hall–Kier alpha value is -2.11. The van der Waals surface area contributed by atoms with Crippen LogP contribution in [0.1, 0.15) is 36.0 Å². The van der Waals surface area contributed by atoms with Gasteiger partial charge in [0.05, 0.1) is 17.2 Å². The summed E-state index contributed by atoms with van der Waals surface area (Å²) in [6.45, 7) is 0. The lowest BCUT2D eigenvalue weighted by Gasteiger charge is -2.28. The van der Waals surface area contributed by atoms with Gasteiger partial charge in [-0.15, -0.1) is 0 Å². The van der Waals surface area contributed by atoms with Crippen molar-refractivity contribution in [1.29, 1.82) is 0 Å². The first-order valence-electron chi connectivity index (χ1n) is 6.56. The SMILES string of the molecule is NC(=O)c1c(F)cccc1NC1CCCC(C(=O)O)C1. The summed E-state index contributed by atoms with van der Waals surface area (Å²) in [5, 5.41) is 12.1. The minimum atomic E-state index is -0.837. The first-order chi connectivity index (χ1) is 9.49. The third kappa shape index (κ3) is 3.07. The van der Waals surface area contributed by atoms with Crippen LogP contribution >= 0.6 is 0 Å². The van der Waals surface area contributed by atoms with Gasteiger partial charge < -0.3 is 16.2 Å². The highest BCUT2D eigenvalue weighted by Gasteiger charge is 2.27. The van der Waals surface area contributed by atoms with Crippen molar-refractivity contribution in [2.45, 2.75) is 31.7 Å². The summed E-state index contributed by atoms with van der Waals surface area (Å²) in [7, 11) is 0. The van der Waals surface area contributed by atoms with E-state index in [-0.39, 0.29) is 11.6 Å². The van der Waals surface area contributed by atoms with E-state index in [4.69, 9.17) is 10.8 Å². The Balaban J connectivity index is 2.16.